The average Bonchev–Trinajstić information content (AvgIpc) is 3.01. The molecule has 7 fully saturated rings. The molecule has 29 nitrogen and oxygen atoms in total. The third kappa shape index (κ3) is 24.8. The van der Waals surface area contributed by atoms with Crippen LogP contribution in [-0.2, 0) is 19.2 Å². The Morgan fingerprint density at radius 3 is 1.20 bits per heavy atom. The molecule has 7 aliphatic rings. The van der Waals surface area contributed by atoms with Gasteiger partial charge in [0, 0.05) is 162 Å². The van der Waals surface area contributed by atoms with Crippen LogP contribution in [0.5, 0.6) is 0 Å². The molecule has 0 spiro atoms. The van der Waals surface area contributed by atoms with Crippen LogP contribution in [0.1, 0.15) is 31.7 Å². The minimum Gasteiger partial charge on any atom is -0.353 e. The number of aromatic nitrogens is 10. The molecule has 5 aromatic heterocycles. The van der Waals surface area contributed by atoms with Gasteiger partial charge in [-0.25, -0.2) is 14.9 Å². The van der Waals surface area contributed by atoms with Crippen molar-refractivity contribution in [2.45, 2.75) is 36.6 Å². The number of alkyl halides is 1. The van der Waals surface area contributed by atoms with Gasteiger partial charge in [0.15, 0.2) is 21.3 Å². The van der Waals surface area contributed by atoms with Crippen molar-refractivity contribution in [1.82, 2.24) is 91.4 Å². The number of piperazine rings is 5. The molecule has 33 heteroatoms. The number of imide groups is 2. The molecule has 0 saturated carbocycles. The number of amides is 4. The molecule has 0 radical (unpaired) electrons. The van der Waals surface area contributed by atoms with Crippen molar-refractivity contribution in [3.05, 3.63) is 107 Å². The second-order valence-corrected chi connectivity index (χ2v) is 23.2. The van der Waals surface area contributed by atoms with Crippen molar-refractivity contribution >= 4 is 97.6 Å². The van der Waals surface area contributed by atoms with Gasteiger partial charge < -0.3 is 49.8 Å². The molecule has 4 amide bonds. The highest BCUT2D eigenvalue weighted by Crippen LogP contribution is 2.19. The number of likely N-dealkylation sites (N-methyl/N-ethyl adjacent to an activating group) is 4. The highest BCUT2D eigenvalue weighted by Gasteiger charge is 2.30. The van der Waals surface area contributed by atoms with Crippen LogP contribution >= 0.6 is 50.7 Å². The highest BCUT2D eigenvalue weighted by molar-refractivity contribution is 9.10. The maximum atomic E-state index is 12.0. The maximum absolute atomic E-state index is 12.0. The smallest absolute Gasteiger partial charge is 0.267 e. The van der Waals surface area contributed by atoms with E-state index in [9.17, 15) is 33.6 Å². The Morgan fingerprint density at radius 2 is 0.805 bits per heavy atom. The predicted molar refractivity (Wildman–Crippen MR) is 338 cm³/mol. The number of aromatic amines is 2. The Labute approximate surface area is 527 Å². The second kappa shape index (κ2) is 36.6. The van der Waals surface area contributed by atoms with Crippen LogP contribution in [0.4, 0.5) is 23.3 Å². The third-order valence-electron chi connectivity index (χ3n) is 14.3. The van der Waals surface area contributed by atoms with E-state index in [2.05, 4.69) is 150 Å². The van der Waals surface area contributed by atoms with Crippen molar-refractivity contribution in [3.63, 3.8) is 0 Å². The standard InChI is InChI=1S/C14H19N5O3.C9H13ClN4.C9H14N4O.C8H12N4O.C5H6BrNO2.C5H12N2.C4H2Cl2N2/c1-17-6-8-18(9-7-17)11-3-5-13(21)19(16-11)10-2-4-12(20)15-14(10)22;1-13-4-6-14(7-5-13)9-3-2-8(10)11-12-9;1-12-4-6-13(7-5-12)8-2-3-9(14)11-10-8;13-8-2-1-7(10-11-8)12-5-3-9-4-6-12;6-3-1-2-4(8)7-5(3)9;1-7-4-2-6-3-5-7;5-3-1-2-4(6)8-7-3/h3,5,10H,2,4,6-9H2,1H3,(H,15,20,22);2-3H,4-7H2,1H3;2-3H,4-7H2,1H3,(H,11,14);1-2,9H,3-6H2,(H,11,13);3H,1-2H2,(H,7,8,9);6H,2-5H2,1H3;1-2H. The molecule has 2 unspecified atom stereocenters. The van der Waals surface area contributed by atoms with E-state index in [0.717, 1.165) is 135 Å². The van der Waals surface area contributed by atoms with E-state index in [0.29, 0.717) is 40.5 Å². The number of rotatable bonds is 5. The Bertz CT molecular complexity index is 3040. The number of hydrogen-bond donors (Lipinski definition) is 6. The van der Waals surface area contributed by atoms with E-state index < -0.39 is 11.9 Å². The first-order valence-corrected chi connectivity index (χ1v) is 30.7. The van der Waals surface area contributed by atoms with E-state index in [1.165, 1.54) is 36.0 Å². The lowest BCUT2D eigenvalue weighted by Crippen LogP contribution is -2.47. The van der Waals surface area contributed by atoms with Crippen molar-refractivity contribution in [2.24, 2.45) is 0 Å². The van der Waals surface area contributed by atoms with Gasteiger partial charge in [0.1, 0.15) is 23.5 Å². The number of nitrogens with one attached hydrogen (secondary N) is 6. The first-order valence-electron chi connectivity index (χ1n) is 28.6. The molecule has 0 aromatic carbocycles. The first-order chi connectivity index (χ1) is 41.8. The van der Waals surface area contributed by atoms with Crippen molar-refractivity contribution in [1.29, 1.82) is 0 Å². The lowest BCUT2D eigenvalue weighted by Gasteiger charge is -2.33. The zero-order valence-corrected chi connectivity index (χ0v) is 53.3. The van der Waals surface area contributed by atoms with Gasteiger partial charge in [-0.2, -0.15) is 15.3 Å². The number of anilines is 4. The minimum absolute atomic E-state index is 0.150. The fourth-order valence-corrected chi connectivity index (χ4v) is 9.62. The summed E-state index contributed by atoms with van der Waals surface area (Å²) in [6, 6.07) is 15.8. The summed E-state index contributed by atoms with van der Waals surface area (Å²) >= 11 is 19.5. The van der Waals surface area contributed by atoms with Gasteiger partial charge in [-0.15, -0.1) is 20.4 Å². The molecule has 7 aliphatic heterocycles. The van der Waals surface area contributed by atoms with Gasteiger partial charge in [-0.1, -0.05) is 50.7 Å². The maximum Gasteiger partial charge on any atom is 0.267 e. The highest BCUT2D eigenvalue weighted by atomic mass is 79.9. The summed E-state index contributed by atoms with van der Waals surface area (Å²) < 4.78 is 1.20. The Hall–Kier alpha value is -6.61. The van der Waals surface area contributed by atoms with Crippen LogP contribution in [-0.4, -0.2) is 258 Å². The minimum atomic E-state index is -0.711. The number of H-pyrrole nitrogens is 2. The van der Waals surface area contributed by atoms with E-state index in [4.69, 9.17) is 34.8 Å². The van der Waals surface area contributed by atoms with Crippen LogP contribution in [0.15, 0.2) is 75.0 Å². The van der Waals surface area contributed by atoms with Gasteiger partial charge in [-0.05, 0) is 83.5 Å². The van der Waals surface area contributed by atoms with Crippen LogP contribution in [0.25, 0.3) is 0 Å². The van der Waals surface area contributed by atoms with E-state index >= 15 is 0 Å². The molecule has 0 bridgehead atoms. The molecule has 7 saturated heterocycles. The fraction of sp³-hybridized carbons (Fsp3) is 0.556. The van der Waals surface area contributed by atoms with Crippen LogP contribution in [0.3, 0.4) is 0 Å². The number of halogens is 4. The van der Waals surface area contributed by atoms with E-state index in [1.54, 1.807) is 36.4 Å². The van der Waals surface area contributed by atoms with E-state index in [-0.39, 0.29) is 45.6 Å². The number of piperidine rings is 2. The van der Waals surface area contributed by atoms with Gasteiger partial charge in [0.25, 0.3) is 22.6 Å². The third-order valence-corrected chi connectivity index (χ3v) is 15.8. The summed E-state index contributed by atoms with van der Waals surface area (Å²) in [5, 5.41) is 44.2. The molecule has 12 heterocycles. The summed E-state index contributed by atoms with van der Waals surface area (Å²) in [6.45, 7) is 20.3. The number of nitrogens with zero attached hydrogens (tertiary/aromatic N) is 16. The fourth-order valence-electron chi connectivity index (χ4n) is 8.97. The van der Waals surface area contributed by atoms with Crippen LogP contribution < -0.4 is 57.5 Å². The second-order valence-electron chi connectivity index (χ2n) is 21.0. The molecule has 0 aliphatic carbocycles. The number of carbonyl (C=O) groups is 4. The van der Waals surface area contributed by atoms with Crippen LogP contribution in [0, 0.1) is 0 Å². The zero-order valence-electron chi connectivity index (χ0n) is 49.4. The Balaban J connectivity index is 0.000000167. The normalized spacial score (nSPS) is 20.3. The molecular formula is C54H78BrCl3N22O7. The van der Waals surface area contributed by atoms with Gasteiger partial charge in [0.05, 0.1) is 4.83 Å². The molecule has 12 rings (SSSR count). The average molecular weight is 1330 g/mol. The van der Waals surface area contributed by atoms with Gasteiger partial charge in [-0.3, -0.25) is 44.2 Å². The van der Waals surface area contributed by atoms with Crippen molar-refractivity contribution in [3.8, 4) is 0 Å². The summed E-state index contributed by atoms with van der Waals surface area (Å²) in [4.78, 5) is 95.5. The lowest BCUT2D eigenvalue weighted by atomic mass is 10.1. The molecule has 2 atom stereocenters. The number of hydrogen-bond acceptors (Lipinski definition) is 24. The van der Waals surface area contributed by atoms with Crippen molar-refractivity contribution in [2.75, 3.05) is 179 Å². The van der Waals surface area contributed by atoms with Gasteiger partial charge in [0.2, 0.25) is 17.7 Å². The summed E-state index contributed by atoms with van der Waals surface area (Å²) in [6.07, 6.45) is 1.60. The zero-order chi connectivity index (χ0) is 62.7. The topological polar surface area (TPSA) is 320 Å². The SMILES string of the molecule is CN1CCN(c2ccc(=O)[nH]n2)CC1.CN1CCN(c2ccc(=O)n(C3CCC(=O)NC3=O)n2)CC1.CN1CCN(c2ccc(Cl)nn2)CC1.CN1CCNCC1.Clc1ccc(Cl)nn1.O=C1CCC(Br)C(=O)N1.O=c1ccc(N2CCNCC2)n[nH]1. The van der Waals surface area contributed by atoms with Crippen molar-refractivity contribution < 1.29 is 19.2 Å². The molecule has 87 heavy (non-hydrogen) atoms. The quantitative estimate of drug-likeness (QED) is 0.100. The Morgan fingerprint density at radius 1 is 0.425 bits per heavy atom. The molecule has 474 valence electrons. The molecular weight excluding hydrogens is 1260 g/mol. The van der Waals surface area contributed by atoms with Crippen LogP contribution in [0.2, 0.25) is 15.5 Å². The monoisotopic (exact) mass is 1330 g/mol. The summed E-state index contributed by atoms with van der Waals surface area (Å²) in [7, 11) is 8.46. The summed E-state index contributed by atoms with van der Waals surface area (Å²) in [5.41, 5.74) is -0.630. The predicted octanol–water partition coefficient (Wildman–Crippen LogP) is 0.0471. The number of carbonyl (C=O) groups excluding carboxylic acids is 4. The largest absolute Gasteiger partial charge is 0.353 e. The van der Waals surface area contributed by atoms with Gasteiger partial charge >= 0.3 is 0 Å². The Kier molecular flexibility index (Phi) is 29.3. The molecule has 5 aromatic rings. The summed E-state index contributed by atoms with van der Waals surface area (Å²) in [5.74, 6) is 2.17. The van der Waals surface area contributed by atoms with E-state index in [1.807, 2.05) is 6.07 Å². The lowest BCUT2D eigenvalue weighted by molar-refractivity contribution is -0.136. The first kappa shape index (κ1) is 69.5. The molecule has 6 N–H and O–H groups in total.